The van der Waals surface area contributed by atoms with Gasteiger partial charge in [0.05, 0.1) is 16.7 Å². The normalized spacial score (nSPS) is 29.7. The highest BCUT2D eigenvalue weighted by Gasteiger charge is 2.65. The number of ketones is 1. The van der Waals surface area contributed by atoms with Crippen LogP contribution in [0.3, 0.4) is 0 Å². The third-order valence-electron chi connectivity index (χ3n) is 5.38. The number of fused-ring (bicyclic) bond motifs is 1. The summed E-state index contributed by atoms with van der Waals surface area (Å²) in [6.45, 7) is 0. The van der Waals surface area contributed by atoms with Gasteiger partial charge < -0.3 is 5.73 Å². The number of alkyl halides is 6. The van der Waals surface area contributed by atoms with E-state index in [1.54, 1.807) is 0 Å². The van der Waals surface area contributed by atoms with Crippen LogP contribution in [0.2, 0.25) is 0 Å². The summed E-state index contributed by atoms with van der Waals surface area (Å²) in [5, 5.41) is 0. The second kappa shape index (κ2) is 5.72. The molecule has 2 atom stereocenters. The maximum absolute atomic E-state index is 13.0. The molecule has 0 amide bonds. The van der Waals surface area contributed by atoms with Gasteiger partial charge in [-0.3, -0.25) is 4.79 Å². The summed E-state index contributed by atoms with van der Waals surface area (Å²) < 4.78 is 77.7. The number of benzene rings is 1. The fourth-order valence-electron chi connectivity index (χ4n) is 4.02. The summed E-state index contributed by atoms with van der Waals surface area (Å²) in [7, 11) is 0. The summed E-state index contributed by atoms with van der Waals surface area (Å²) in [5.74, 6) is -1.14. The zero-order valence-electron chi connectivity index (χ0n) is 13.2. The zero-order chi connectivity index (χ0) is 18.6. The summed E-state index contributed by atoms with van der Waals surface area (Å²) in [5.41, 5.74) is 1.21. The first-order valence-electron chi connectivity index (χ1n) is 8.09. The SMILES string of the molecule is NC1(C(=O)c2cc(C(F)(F)F)cc(C(F)(F)F)c2)C2CCCCCC21. The van der Waals surface area contributed by atoms with Crippen molar-refractivity contribution >= 4 is 5.78 Å². The van der Waals surface area contributed by atoms with Gasteiger partial charge in [0.2, 0.25) is 0 Å². The molecule has 0 radical (unpaired) electrons. The van der Waals surface area contributed by atoms with Crippen LogP contribution in [0.15, 0.2) is 18.2 Å². The Bertz CT molecular complexity index is 649. The average molecular weight is 365 g/mol. The molecule has 0 aliphatic heterocycles. The number of carbonyl (C=O) groups excluding carboxylic acids is 1. The number of hydrogen-bond acceptors (Lipinski definition) is 2. The molecular formula is C17H17F6NO. The summed E-state index contributed by atoms with van der Waals surface area (Å²) in [6.07, 6.45) is -5.87. The van der Waals surface area contributed by atoms with E-state index in [-0.39, 0.29) is 17.9 Å². The Balaban J connectivity index is 2.00. The molecule has 3 rings (SSSR count). The van der Waals surface area contributed by atoms with E-state index in [1.807, 2.05) is 0 Å². The molecular weight excluding hydrogens is 348 g/mol. The van der Waals surface area contributed by atoms with Crippen molar-refractivity contribution in [3.8, 4) is 0 Å². The molecule has 0 spiro atoms. The predicted octanol–water partition coefficient (Wildman–Crippen LogP) is 4.81. The number of nitrogens with two attached hydrogens (primary N) is 1. The van der Waals surface area contributed by atoms with Crippen molar-refractivity contribution < 1.29 is 31.1 Å². The van der Waals surface area contributed by atoms with E-state index in [1.165, 1.54) is 0 Å². The lowest BCUT2D eigenvalue weighted by atomic mass is 9.93. The molecule has 138 valence electrons. The van der Waals surface area contributed by atoms with Gasteiger partial charge in [0.1, 0.15) is 0 Å². The van der Waals surface area contributed by atoms with Crippen LogP contribution >= 0.6 is 0 Å². The highest BCUT2D eigenvalue weighted by molar-refractivity contribution is 6.06. The highest BCUT2D eigenvalue weighted by Crippen LogP contribution is 2.57. The Morgan fingerprint density at radius 3 is 1.72 bits per heavy atom. The van der Waals surface area contributed by atoms with E-state index in [0.717, 1.165) is 19.3 Å². The van der Waals surface area contributed by atoms with Crippen molar-refractivity contribution in [1.82, 2.24) is 0 Å². The largest absolute Gasteiger partial charge is 0.416 e. The number of halogens is 6. The third-order valence-corrected chi connectivity index (χ3v) is 5.38. The fourth-order valence-corrected chi connectivity index (χ4v) is 4.02. The molecule has 25 heavy (non-hydrogen) atoms. The maximum Gasteiger partial charge on any atom is 0.416 e. The van der Waals surface area contributed by atoms with Crippen LogP contribution in [0.5, 0.6) is 0 Å². The molecule has 2 nitrogen and oxygen atoms in total. The van der Waals surface area contributed by atoms with Crippen molar-refractivity contribution in [2.24, 2.45) is 17.6 Å². The van der Waals surface area contributed by atoms with Gasteiger partial charge >= 0.3 is 12.4 Å². The fraction of sp³-hybridized carbons (Fsp3) is 0.588. The molecule has 0 heterocycles. The predicted molar refractivity (Wildman–Crippen MR) is 77.8 cm³/mol. The molecule has 2 unspecified atom stereocenters. The highest BCUT2D eigenvalue weighted by atomic mass is 19.4. The summed E-state index contributed by atoms with van der Waals surface area (Å²) >= 11 is 0. The van der Waals surface area contributed by atoms with Crippen LogP contribution in [-0.2, 0) is 12.4 Å². The lowest BCUT2D eigenvalue weighted by molar-refractivity contribution is -0.143. The van der Waals surface area contributed by atoms with Crippen molar-refractivity contribution in [2.75, 3.05) is 0 Å². The van der Waals surface area contributed by atoms with Crippen LogP contribution in [0.25, 0.3) is 0 Å². The molecule has 2 fully saturated rings. The molecule has 2 aliphatic rings. The zero-order valence-corrected chi connectivity index (χ0v) is 13.2. The number of carbonyl (C=O) groups is 1. The Hall–Kier alpha value is -1.57. The third kappa shape index (κ3) is 3.16. The maximum atomic E-state index is 13.0. The number of rotatable bonds is 2. The van der Waals surface area contributed by atoms with Gasteiger partial charge in [-0.05, 0) is 42.9 Å². The van der Waals surface area contributed by atoms with E-state index >= 15 is 0 Å². The van der Waals surface area contributed by atoms with Crippen LogP contribution in [0, 0.1) is 11.8 Å². The topological polar surface area (TPSA) is 43.1 Å². The minimum atomic E-state index is -4.98. The van der Waals surface area contributed by atoms with Crippen LogP contribution in [0.1, 0.15) is 53.6 Å². The number of hydrogen-bond donors (Lipinski definition) is 1. The molecule has 2 aliphatic carbocycles. The van der Waals surface area contributed by atoms with E-state index < -0.39 is 40.4 Å². The first-order chi connectivity index (χ1) is 11.5. The molecule has 0 aromatic heterocycles. The van der Waals surface area contributed by atoms with Crippen LogP contribution in [0.4, 0.5) is 26.3 Å². The monoisotopic (exact) mass is 365 g/mol. The summed E-state index contributed by atoms with van der Waals surface area (Å²) in [6, 6.07) is 0.972. The molecule has 0 bridgehead atoms. The summed E-state index contributed by atoms with van der Waals surface area (Å²) in [4.78, 5) is 12.7. The molecule has 1 aromatic carbocycles. The lowest BCUT2D eigenvalue weighted by Gasteiger charge is -2.17. The Kier molecular flexibility index (Phi) is 4.17. The van der Waals surface area contributed by atoms with Crippen molar-refractivity contribution in [3.63, 3.8) is 0 Å². The van der Waals surface area contributed by atoms with Gasteiger partial charge in [-0.2, -0.15) is 26.3 Å². The standard InChI is InChI=1S/C17H17F6NO/c18-16(19,20)10-6-9(7-11(8-10)17(21,22)23)14(25)15(24)12-4-2-1-3-5-13(12)15/h6-8,12-13H,1-5,24H2. The Morgan fingerprint density at radius 1 is 0.880 bits per heavy atom. The second-order valence-electron chi connectivity index (χ2n) is 6.91. The average Bonchev–Trinajstić information content (AvgIpc) is 3.17. The second-order valence-corrected chi connectivity index (χ2v) is 6.91. The Morgan fingerprint density at radius 2 is 1.32 bits per heavy atom. The first-order valence-corrected chi connectivity index (χ1v) is 8.09. The lowest BCUT2D eigenvalue weighted by Crippen LogP contribution is -2.38. The quantitative estimate of drug-likeness (QED) is 0.603. The van der Waals surface area contributed by atoms with E-state index in [0.29, 0.717) is 25.0 Å². The molecule has 1 aromatic rings. The minimum Gasteiger partial charge on any atom is -0.318 e. The molecule has 0 saturated heterocycles. The minimum absolute atomic E-state index is 0.0188. The van der Waals surface area contributed by atoms with E-state index in [4.69, 9.17) is 5.73 Å². The van der Waals surface area contributed by atoms with Crippen molar-refractivity contribution in [3.05, 3.63) is 34.9 Å². The molecule has 2 N–H and O–H groups in total. The first kappa shape index (κ1) is 18.2. The van der Waals surface area contributed by atoms with E-state index in [9.17, 15) is 31.1 Å². The van der Waals surface area contributed by atoms with Gasteiger partial charge in [-0.1, -0.05) is 19.3 Å². The van der Waals surface area contributed by atoms with E-state index in [2.05, 4.69) is 0 Å². The molecule has 2 saturated carbocycles. The number of Topliss-reactive ketones (excluding diaryl/α,β-unsaturated/α-hetero) is 1. The molecule has 8 heteroatoms. The Labute approximate surface area is 140 Å². The van der Waals surface area contributed by atoms with Crippen molar-refractivity contribution in [1.29, 1.82) is 0 Å². The van der Waals surface area contributed by atoms with Gasteiger partial charge in [0.25, 0.3) is 0 Å². The van der Waals surface area contributed by atoms with Crippen molar-refractivity contribution in [2.45, 2.75) is 50.0 Å². The van der Waals surface area contributed by atoms with Crippen LogP contribution < -0.4 is 5.73 Å². The van der Waals surface area contributed by atoms with Crippen LogP contribution in [-0.4, -0.2) is 11.3 Å². The van der Waals surface area contributed by atoms with Gasteiger partial charge in [0.15, 0.2) is 5.78 Å². The smallest absolute Gasteiger partial charge is 0.318 e. The van der Waals surface area contributed by atoms with Gasteiger partial charge in [-0.25, -0.2) is 0 Å². The van der Waals surface area contributed by atoms with Gasteiger partial charge in [0, 0.05) is 5.56 Å². The van der Waals surface area contributed by atoms with Gasteiger partial charge in [-0.15, -0.1) is 0 Å².